The van der Waals surface area contributed by atoms with E-state index in [1.54, 1.807) is 18.3 Å². The number of benzene rings is 1. The first kappa shape index (κ1) is 19.7. The van der Waals surface area contributed by atoms with Crippen LogP contribution >= 0.6 is 0 Å². The van der Waals surface area contributed by atoms with E-state index in [1.807, 2.05) is 6.07 Å². The normalized spacial score (nSPS) is 15.4. The fourth-order valence-electron chi connectivity index (χ4n) is 2.75. The highest BCUT2D eigenvalue weighted by molar-refractivity contribution is 5.93. The summed E-state index contributed by atoms with van der Waals surface area (Å²) in [7, 11) is 0. The zero-order chi connectivity index (χ0) is 20.0. The lowest BCUT2D eigenvalue weighted by atomic mass is 10.2. The van der Waals surface area contributed by atoms with Gasteiger partial charge in [0.25, 0.3) is 0 Å². The minimum absolute atomic E-state index is 0.0324. The first-order valence-corrected chi connectivity index (χ1v) is 8.61. The van der Waals surface area contributed by atoms with Gasteiger partial charge in [-0.1, -0.05) is 18.2 Å². The van der Waals surface area contributed by atoms with E-state index in [4.69, 9.17) is 10.5 Å². The van der Waals surface area contributed by atoms with Gasteiger partial charge < -0.3 is 25.4 Å². The van der Waals surface area contributed by atoms with E-state index in [-0.39, 0.29) is 23.9 Å². The predicted molar refractivity (Wildman–Crippen MR) is 99.3 cm³/mol. The molecule has 3 N–H and O–H groups in total. The number of alkyl halides is 3. The van der Waals surface area contributed by atoms with Crippen LogP contribution < -0.4 is 20.7 Å². The molecule has 0 spiro atoms. The molecule has 1 fully saturated rings. The van der Waals surface area contributed by atoms with Crippen molar-refractivity contribution in [3.63, 3.8) is 0 Å². The van der Waals surface area contributed by atoms with E-state index in [1.165, 1.54) is 18.2 Å². The van der Waals surface area contributed by atoms with Crippen LogP contribution in [-0.2, 0) is 11.3 Å². The van der Waals surface area contributed by atoms with Gasteiger partial charge in [-0.2, -0.15) is 0 Å². The largest absolute Gasteiger partial charge is 0.573 e. The number of nitrogens with two attached hydrogens (primary N) is 1. The molecule has 150 valence electrons. The SMILES string of the molecule is NC(=NCc1cccnc1N1CCOCC1)Nc1ccccc1OC(F)(F)F. The number of nitrogens with one attached hydrogen (secondary N) is 1. The molecule has 2 aromatic rings. The van der Waals surface area contributed by atoms with E-state index >= 15 is 0 Å². The molecule has 0 amide bonds. The second-order valence-corrected chi connectivity index (χ2v) is 5.96. The molecular weight excluding hydrogens is 375 g/mol. The van der Waals surface area contributed by atoms with Crippen LogP contribution in [0.5, 0.6) is 5.75 Å². The second-order valence-electron chi connectivity index (χ2n) is 5.96. The summed E-state index contributed by atoms with van der Waals surface area (Å²) < 4.78 is 46.9. The molecule has 10 heteroatoms. The lowest BCUT2D eigenvalue weighted by molar-refractivity contribution is -0.274. The summed E-state index contributed by atoms with van der Waals surface area (Å²) in [6, 6.07) is 9.30. The van der Waals surface area contributed by atoms with Crippen molar-refractivity contribution < 1.29 is 22.6 Å². The van der Waals surface area contributed by atoms with Crippen LogP contribution in [0.15, 0.2) is 47.6 Å². The Hall–Kier alpha value is -3.01. The highest BCUT2D eigenvalue weighted by atomic mass is 19.4. The van der Waals surface area contributed by atoms with Crippen molar-refractivity contribution in [1.29, 1.82) is 0 Å². The first-order chi connectivity index (χ1) is 13.4. The molecule has 1 aliphatic heterocycles. The quantitative estimate of drug-likeness (QED) is 0.598. The van der Waals surface area contributed by atoms with Crippen LogP contribution in [-0.4, -0.2) is 43.6 Å². The lowest BCUT2D eigenvalue weighted by Crippen LogP contribution is -2.37. The Morgan fingerprint density at radius 3 is 2.71 bits per heavy atom. The van der Waals surface area contributed by atoms with Crippen molar-refractivity contribution in [3.8, 4) is 5.75 Å². The highest BCUT2D eigenvalue weighted by Crippen LogP contribution is 2.29. The van der Waals surface area contributed by atoms with Crippen molar-refractivity contribution in [2.75, 3.05) is 36.5 Å². The summed E-state index contributed by atoms with van der Waals surface area (Å²) in [5.41, 5.74) is 6.79. The van der Waals surface area contributed by atoms with Crippen LogP contribution in [0.4, 0.5) is 24.7 Å². The molecule has 0 unspecified atom stereocenters. The summed E-state index contributed by atoms with van der Waals surface area (Å²) >= 11 is 0. The van der Waals surface area contributed by atoms with Gasteiger partial charge in [0, 0.05) is 24.8 Å². The number of pyridine rings is 1. The molecule has 0 bridgehead atoms. The Morgan fingerprint density at radius 1 is 1.21 bits per heavy atom. The predicted octanol–water partition coefficient (Wildman–Crippen LogP) is 2.74. The van der Waals surface area contributed by atoms with Gasteiger partial charge in [0.15, 0.2) is 11.7 Å². The maximum Gasteiger partial charge on any atom is 0.573 e. The number of ether oxygens (including phenoxy) is 2. The molecule has 28 heavy (non-hydrogen) atoms. The Balaban J connectivity index is 1.71. The van der Waals surface area contributed by atoms with E-state index in [2.05, 4.69) is 24.9 Å². The smallest absolute Gasteiger partial charge is 0.404 e. The Kier molecular flexibility index (Phi) is 6.19. The zero-order valence-corrected chi connectivity index (χ0v) is 14.9. The van der Waals surface area contributed by atoms with Gasteiger partial charge in [-0.05, 0) is 18.2 Å². The van der Waals surface area contributed by atoms with Gasteiger partial charge in [0.05, 0.1) is 25.4 Å². The number of guanidine groups is 1. The van der Waals surface area contributed by atoms with Crippen LogP contribution in [0.25, 0.3) is 0 Å². The lowest BCUT2D eigenvalue weighted by Gasteiger charge is -2.29. The number of hydrogen-bond donors (Lipinski definition) is 2. The number of hydrogen-bond acceptors (Lipinski definition) is 5. The summed E-state index contributed by atoms with van der Waals surface area (Å²) in [6.07, 6.45) is -3.10. The van der Waals surface area contributed by atoms with E-state index in [9.17, 15) is 13.2 Å². The Bertz CT molecular complexity index is 823. The number of nitrogens with zero attached hydrogens (tertiary/aromatic N) is 3. The topological polar surface area (TPSA) is 85.0 Å². The molecular formula is C18H20F3N5O2. The van der Waals surface area contributed by atoms with Gasteiger partial charge in [-0.25, -0.2) is 9.98 Å². The van der Waals surface area contributed by atoms with Gasteiger partial charge in [-0.3, -0.25) is 0 Å². The van der Waals surface area contributed by atoms with Crippen molar-refractivity contribution in [1.82, 2.24) is 4.98 Å². The maximum absolute atomic E-state index is 12.5. The number of morpholine rings is 1. The van der Waals surface area contributed by atoms with E-state index < -0.39 is 6.36 Å². The highest BCUT2D eigenvalue weighted by Gasteiger charge is 2.32. The summed E-state index contributed by atoms with van der Waals surface area (Å²) in [4.78, 5) is 10.7. The summed E-state index contributed by atoms with van der Waals surface area (Å²) in [5, 5.41) is 2.65. The first-order valence-electron chi connectivity index (χ1n) is 8.61. The monoisotopic (exact) mass is 395 g/mol. The van der Waals surface area contributed by atoms with Gasteiger partial charge in [0.2, 0.25) is 0 Å². The number of anilines is 2. The summed E-state index contributed by atoms with van der Waals surface area (Å²) in [5.74, 6) is 0.377. The van der Waals surface area contributed by atoms with Crippen molar-refractivity contribution >= 4 is 17.5 Å². The molecule has 1 aromatic carbocycles. The van der Waals surface area contributed by atoms with Crippen LogP contribution in [0.2, 0.25) is 0 Å². The van der Waals surface area contributed by atoms with Crippen LogP contribution in [0.3, 0.4) is 0 Å². The van der Waals surface area contributed by atoms with Crippen molar-refractivity contribution in [2.45, 2.75) is 12.9 Å². The average molecular weight is 395 g/mol. The zero-order valence-electron chi connectivity index (χ0n) is 14.9. The fourth-order valence-corrected chi connectivity index (χ4v) is 2.75. The number of rotatable bonds is 5. The third-order valence-electron chi connectivity index (χ3n) is 3.97. The van der Waals surface area contributed by atoms with E-state index in [0.717, 1.165) is 24.5 Å². The third-order valence-corrected chi connectivity index (χ3v) is 3.97. The number of aromatic nitrogens is 1. The number of para-hydroxylation sites is 2. The molecule has 2 heterocycles. The maximum atomic E-state index is 12.5. The second kappa shape index (κ2) is 8.79. The minimum atomic E-state index is -4.80. The van der Waals surface area contributed by atoms with Gasteiger partial charge in [-0.15, -0.1) is 13.2 Å². The number of aliphatic imine (C=N–C) groups is 1. The third kappa shape index (κ3) is 5.49. The Labute approximate surface area is 160 Å². The Morgan fingerprint density at radius 2 is 1.96 bits per heavy atom. The molecule has 0 saturated carbocycles. The molecule has 1 aliphatic rings. The fraction of sp³-hybridized carbons (Fsp3) is 0.333. The molecule has 0 aliphatic carbocycles. The molecule has 1 aromatic heterocycles. The van der Waals surface area contributed by atoms with E-state index in [0.29, 0.717) is 13.2 Å². The molecule has 3 rings (SSSR count). The summed E-state index contributed by atoms with van der Waals surface area (Å²) in [6.45, 7) is 2.92. The van der Waals surface area contributed by atoms with Crippen molar-refractivity contribution in [2.24, 2.45) is 10.7 Å². The minimum Gasteiger partial charge on any atom is -0.404 e. The standard InChI is InChI=1S/C18H20F3N5O2/c19-18(20,21)28-15-6-2-1-5-14(15)25-17(22)24-12-13-4-3-7-23-16(13)26-8-10-27-11-9-26/h1-7H,8-12H2,(H3,22,24,25). The average Bonchev–Trinajstić information content (AvgIpc) is 2.68. The molecule has 1 saturated heterocycles. The molecule has 7 nitrogen and oxygen atoms in total. The number of halogens is 3. The van der Waals surface area contributed by atoms with Crippen LogP contribution in [0.1, 0.15) is 5.56 Å². The molecule has 0 radical (unpaired) electrons. The van der Waals surface area contributed by atoms with Crippen LogP contribution in [0, 0.1) is 0 Å². The van der Waals surface area contributed by atoms with Crippen molar-refractivity contribution in [3.05, 3.63) is 48.2 Å². The molecule has 0 atom stereocenters. The van der Waals surface area contributed by atoms with Gasteiger partial charge >= 0.3 is 6.36 Å². The van der Waals surface area contributed by atoms with Gasteiger partial charge in [0.1, 0.15) is 5.82 Å².